The van der Waals surface area contributed by atoms with Gasteiger partial charge in [0, 0.05) is 11.6 Å². The number of amides is 1. The topological polar surface area (TPSA) is 67.6 Å². The highest BCUT2D eigenvalue weighted by molar-refractivity contribution is 7.91. The molecule has 1 aromatic heterocycles. The molecule has 27 heavy (non-hydrogen) atoms. The second-order valence-corrected chi connectivity index (χ2v) is 10.6. The number of benzene rings is 1. The molecule has 0 unspecified atom stereocenters. The first-order valence-electron chi connectivity index (χ1n) is 9.22. The van der Waals surface area contributed by atoms with Gasteiger partial charge in [0.15, 0.2) is 9.84 Å². The zero-order valence-electron chi connectivity index (χ0n) is 16.4. The minimum Gasteiger partial charge on any atom is -0.464 e. The van der Waals surface area contributed by atoms with Gasteiger partial charge >= 0.3 is 0 Å². The summed E-state index contributed by atoms with van der Waals surface area (Å²) in [7, 11) is -3.09. The lowest BCUT2D eigenvalue weighted by molar-refractivity contribution is 0.0665. The SMILES string of the molecule is Cc1ccc(CN(C(=O)c2ccc(C(C)(C)C)cc2)[C@@H]2CCS(=O)(=O)C2)o1. The molecule has 0 aliphatic carbocycles. The smallest absolute Gasteiger partial charge is 0.254 e. The van der Waals surface area contributed by atoms with Crippen molar-refractivity contribution in [3.8, 4) is 0 Å². The van der Waals surface area contributed by atoms with Crippen molar-refractivity contribution < 1.29 is 17.6 Å². The molecule has 1 aromatic carbocycles. The molecule has 1 aliphatic rings. The van der Waals surface area contributed by atoms with Gasteiger partial charge in [-0.1, -0.05) is 32.9 Å². The van der Waals surface area contributed by atoms with Crippen molar-refractivity contribution in [1.82, 2.24) is 4.90 Å². The number of sulfone groups is 1. The second kappa shape index (κ2) is 7.15. The molecule has 0 spiro atoms. The average molecular weight is 390 g/mol. The van der Waals surface area contributed by atoms with Crippen LogP contribution in [0.3, 0.4) is 0 Å². The van der Waals surface area contributed by atoms with E-state index in [1.807, 2.05) is 43.3 Å². The van der Waals surface area contributed by atoms with E-state index in [2.05, 4.69) is 20.8 Å². The fourth-order valence-electron chi connectivity index (χ4n) is 3.40. The van der Waals surface area contributed by atoms with Crippen LogP contribution < -0.4 is 0 Å². The van der Waals surface area contributed by atoms with Gasteiger partial charge in [-0.2, -0.15) is 0 Å². The molecule has 1 amide bonds. The normalized spacial score (nSPS) is 19.2. The van der Waals surface area contributed by atoms with E-state index in [1.54, 1.807) is 4.90 Å². The van der Waals surface area contributed by atoms with Crippen LogP contribution in [0, 0.1) is 6.92 Å². The Hall–Kier alpha value is -2.08. The quantitative estimate of drug-likeness (QED) is 0.799. The second-order valence-electron chi connectivity index (χ2n) is 8.33. The van der Waals surface area contributed by atoms with E-state index in [9.17, 15) is 13.2 Å². The Balaban J connectivity index is 1.88. The number of hydrogen-bond acceptors (Lipinski definition) is 4. The molecule has 2 aromatic rings. The molecule has 0 N–H and O–H groups in total. The van der Waals surface area contributed by atoms with Crippen LogP contribution in [0.25, 0.3) is 0 Å². The minimum absolute atomic E-state index is 0.00644. The molecule has 3 rings (SSSR count). The van der Waals surface area contributed by atoms with E-state index in [0.717, 1.165) is 11.3 Å². The highest BCUT2D eigenvalue weighted by Crippen LogP contribution is 2.25. The lowest BCUT2D eigenvalue weighted by Crippen LogP contribution is -2.40. The van der Waals surface area contributed by atoms with Crippen LogP contribution in [-0.2, 0) is 21.8 Å². The molecule has 6 heteroatoms. The lowest BCUT2D eigenvalue weighted by Gasteiger charge is -2.28. The number of carbonyl (C=O) groups is 1. The van der Waals surface area contributed by atoms with Crippen LogP contribution in [-0.4, -0.2) is 36.8 Å². The molecule has 0 bridgehead atoms. The summed E-state index contributed by atoms with van der Waals surface area (Å²) >= 11 is 0. The van der Waals surface area contributed by atoms with Crippen molar-refractivity contribution in [2.75, 3.05) is 11.5 Å². The van der Waals surface area contributed by atoms with E-state index in [4.69, 9.17) is 4.42 Å². The summed E-state index contributed by atoms with van der Waals surface area (Å²) in [5.41, 5.74) is 1.72. The fraction of sp³-hybridized carbons (Fsp3) is 0.476. The van der Waals surface area contributed by atoms with Gasteiger partial charge in [0.1, 0.15) is 11.5 Å². The van der Waals surface area contributed by atoms with Crippen LogP contribution in [0.4, 0.5) is 0 Å². The van der Waals surface area contributed by atoms with Gasteiger partial charge in [-0.3, -0.25) is 4.79 Å². The maximum atomic E-state index is 13.2. The summed E-state index contributed by atoms with van der Waals surface area (Å²) in [5, 5.41) is 0. The third-order valence-corrected chi connectivity index (χ3v) is 6.78. The molecular formula is C21H27NO4S. The predicted molar refractivity (Wildman–Crippen MR) is 106 cm³/mol. The number of carbonyl (C=O) groups excluding carboxylic acids is 1. The maximum absolute atomic E-state index is 13.2. The average Bonchev–Trinajstić information content (AvgIpc) is 3.16. The van der Waals surface area contributed by atoms with Gasteiger partial charge in [-0.05, 0) is 48.6 Å². The number of aryl methyl sites for hydroxylation is 1. The first-order valence-corrected chi connectivity index (χ1v) is 11.0. The van der Waals surface area contributed by atoms with Crippen LogP contribution in [0.5, 0.6) is 0 Å². The van der Waals surface area contributed by atoms with Gasteiger partial charge in [0.25, 0.3) is 5.91 Å². The third kappa shape index (κ3) is 4.61. The van der Waals surface area contributed by atoms with Gasteiger partial charge in [0.05, 0.1) is 18.1 Å². The van der Waals surface area contributed by atoms with Crippen molar-refractivity contribution in [3.63, 3.8) is 0 Å². The number of furan rings is 1. The first kappa shape index (κ1) is 19.7. The lowest BCUT2D eigenvalue weighted by atomic mass is 9.86. The third-order valence-electron chi connectivity index (χ3n) is 5.03. The van der Waals surface area contributed by atoms with Crippen LogP contribution in [0.15, 0.2) is 40.8 Å². The highest BCUT2D eigenvalue weighted by atomic mass is 32.2. The number of hydrogen-bond donors (Lipinski definition) is 0. The summed E-state index contributed by atoms with van der Waals surface area (Å²) in [6, 6.07) is 10.9. The van der Waals surface area contributed by atoms with Gasteiger partial charge < -0.3 is 9.32 Å². The van der Waals surface area contributed by atoms with Gasteiger partial charge in [-0.25, -0.2) is 8.42 Å². The van der Waals surface area contributed by atoms with E-state index in [1.165, 1.54) is 0 Å². The molecule has 5 nitrogen and oxygen atoms in total. The Bertz CT molecular complexity index is 920. The van der Waals surface area contributed by atoms with Crippen molar-refractivity contribution in [1.29, 1.82) is 0 Å². The summed E-state index contributed by atoms with van der Waals surface area (Å²) in [6.07, 6.45) is 0.466. The van der Waals surface area contributed by atoms with Gasteiger partial charge in [0.2, 0.25) is 0 Å². The molecule has 2 heterocycles. The van der Waals surface area contributed by atoms with Crippen LogP contribution in [0.1, 0.15) is 54.6 Å². The van der Waals surface area contributed by atoms with E-state index in [-0.39, 0.29) is 35.4 Å². The standard InChI is InChI=1S/C21H27NO4S/c1-15-5-10-19(26-15)13-22(18-11-12-27(24,25)14-18)20(23)16-6-8-17(9-7-16)21(2,3)4/h5-10,18H,11-14H2,1-4H3/t18-/m1/s1. The summed E-state index contributed by atoms with van der Waals surface area (Å²) < 4.78 is 29.5. The molecule has 1 saturated heterocycles. The molecule has 1 fully saturated rings. The van der Waals surface area contributed by atoms with Crippen molar-refractivity contribution >= 4 is 15.7 Å². The molecular weight excluding hydrogens is 362 g/mol. The molecule has 0 saturated carbocycles. The van der Waals surface area contributed by atoms with E-state index >= 15 is 0 Å². The largest absolute Gasteiger partial charge is 0.464 e. The van der Waals surface area contributed by atoms with Gasteiger partial charge in [-0.15, -0.1) is 0 Å². The fourth-order valence-corrected chi connectivity index (χ4v) is 5.14. The molecule has 1 atom stereocenters. The predicted octanol–water partition coefficient (Wildman–Crippen LogP) is 3.72. The summed E-state index contributed by atoms with van der Waals surface area (Å²) in [4.78, 5) is 14.9. The number of nitrogens with zero attached hydrogens (tertiary/aromatic N) is 1. The van der Waals surface area contributed by atoms with Crippen LogP contribution in [0.2, 0.25) is 0 Å². The minimum atomic E-state index is -3.09. The van der Waals surface area contributed by atoms with E-state index in [0.29, 0.717) is 17.7 Å². The molecule has 1 aliphatic heterocycles. The van der Waals surface area contributed by atoms with Crippen molar-refractivity contribution in [2.24, 2.45) is 0 Å². The zero-order valence-corrected chi connectivity index (χ0v) is 17.2. The summed E-state index contributed by atoms with van der Waals surface area (Å²) in [6.45, 7) is 8.49. The Morgan fingerprint density at radius 3 is 2.30 bits per heavy atom. The molecule has 0 radical (unpaired) electrons. The zero-order chi connectivity index (χ0) is 19.8. The molecule has 146 valence electrons. The highest BCUT2D eigenvalue weighted by Gasteiger charge is 2.35. The summed E-state index contributed by atoms with van der Waals surface area (Å²) in [5.74, 6) is 1.41. The Morgan fingerprint density at radius 1 is 1.15 bits per heavy atom. The monoisotopic (exact) mass is 389 g/mol. The Morgan fingerprint density at radius 2 is 1.81 bits per heavy atom. The van der Waals surface area contributed by atoms with E-state index < -0.39 is 9.84 Å². The Kier molecular flexibility index (Phi) is 5.21. The Labute approximate surface area is 161 Å². The first-order chi connectivity index (χ1) is 12.5. The van der Waals surface area contributed by atoms with Crippen LogP contribution >= 0.6 is 0 Å². The van der Waals surface area contributed by atoms with Crippen molar-refractivity contribution in [2.45, 2.75) is 52.1 Å². The maximum Gasteiger partial charge on any atom is 0.254 e. The number of rotatable bonds is 4. The van der Waals surface area contributed by atoms with Crippen molar-refractivity contribution in [3.05, 3.63) is 59.0 Å².